The van der Waals surface area contributed by atoms with Gasteiger partial charge in [-0.3, -0.25) is 9.59 Å². The molecule has 0 bridgehead atoms. The number of halogens is 1. The van der Waals surface area contributed by atoms with E-state index >= 15 is 0 Å². The summed E-state index contributed by atoms with van der Waals surface area (Å²) in [4.78, 5) is 22.0. The lowest BCUT2D eigenvalue weighted by Crippen LogP contribution is -2.29. The van der Waals surface area contributed by atoms with E-state index in [1.165, 1.54) is 0 Å². The molecule has 0 aliphatic heterocycles. The average molecular weight is 315 g/mol. The fraction of sp³-hybridized carbons (Fsp3) is 0.385. The topological polar surface area (TPSA) is 63.6 Å². The van der Waals surface area contributed by atoms with Gasteiger partial charge in [0.1, 0.15) is 10.1 Å². The van der Waals surface area contributed by atoms with Gasteiger partial charge in [0.05, 0.1) is 0 Å². The number of carbonyl (C=O) groups excluding carboxylic acids is 1. The first kappa shape index (κ1) is 14.7. The Morgan fingerprint density at radius 2 is 1.83 bits per heavy atom. The number of carboxylic acids is 1. The molecule has 0 aromatic heterocycles. The molecule has 0 radical (unpaired) electrons. The normalized spacial score (nSPS) is 11.1. The zero-order valence-corrected chi connectivity index (χ0v) is 11.9. The lowest BCUT2D eigenvalue weighted by Gasteiger charge is -2.14. The lowest BCUT2D eigenvalue weighted by atomic mass is 10.1. The number of alkyl halides is 1. The molecule has 1 rings (SSSR count). The predicted molar refractivity (Wildman–Crippen MR) is 71.0 cm³/mol. The van der Waals surface area contributed by atoms with Gasteiger partial charge in [-0.05, 0) is 38.0 Å². The van der Waals surface area contributed by atoms with E-state index in [2.05, 4.69) is 15.9 Å². The quantitative estimate of drug-likeness (QED) is 0.515. The first-order chi connectivity index (χ1) is 8.29. The number of carboxylic acid groups (broad SMARTS) is 1. The van der Waals surface area contributed by atoms with Crippen LogP contribution in [-0.2, 0) is 16.0 Å². The van der Waals surface area contributed by atoms with Crippen LogP contribution in [0, 0.1) is 0 Å². The summed E-state index contributed by atoms with van der Waals surface area (Å²) in [6.07, 6.45) is 0.557. The fourth-order valence-corrected chi connectivity index (χ4v) is 1.28. The van der Waals surface area contributed by atoms with E-state index < -0.39 is 10.3 Å². The minimum Gasteiger partial charge on any atom is -0.481 e. The van der Waals surface area contributed by atoms with Crippen molar-refractivity contribution in [3.05, 3.63) is 29.8 Å². The van der Waals surface area contributed by atoms with Crippen molar-refractivity contribution in [3.63, 3.8) is 0 Å². The largest absolute Gasteiger partial charge is 0.481 e. The van der Waals surface area contributed by atoms with Gasteiger partial charge in [-0.15, -0.1) is 0 Å². The lowest BCUT2D eigenvalue weighted by molar-refractivity contribution is -0.137. The fourth-order valence-electron chi connectivity index (χ4n) is 1.20. The van der Waals surface area contributed by atoms with Crippen molar-refractivity contribution in [2.75, 3.05) is 0 Å². The van der Waals surface area contributed by atoms with Crippen LogP contribution in [0.25, 0.3) is 0 Å². The highest BCUT2D eigenvalue weighted by atomic mass is 79.9. The first-order valence-electron chi connectivity index (χ1n) is 5.51. The summed E-state index contributed by atoms with van der Waals surface area (Å²) in [5.74, 6) is -0.751. The summed E-state index contributed by atoms with van der Waals surface area (Å²) in [5.41, 5.74) is 0.898. The molecule has 1 aromatic rings. The van der Waals surface area contributed by atoms with Crippen LogP contribution in [0.5, 0.6) is 5.75 Å². The third kappa shape index (κ3) is 4.87. The molecule has 0 fully saturated rings. The molecule has 0 heterocycles. The standard InChI is InChI=1S/C13H15BrO4/c1-13(2,14)12(17)18-10-6-3-9(4-7-10)5-8-11(15)16/h3-4,6-7H,5,8H2,1-2H3,(H,15,16). The number of benzene rings is 1. The maximum Gasteiger partial charge on any atom is 0.327 e. The van der Waals surface area contributed by atoms with E-state index in [9.17, 15) is 9.59 Å². The van der Waals surface area contributed by atoms with E-state index in [0.29, 0.717) is 12.2 Å². The number of rotatable bonds is 5. The summed E-state index contributed by atoms with van der Waals surface area (Å²) < 4.78 is 4.43. The van der Waals surface area contributed by atoms with Crippen LogP contribution < -0.4 is 4.74 Å². The zero-order valence-electron chi connectivity index (χ0n) is 10.3. The maximum absolute atomic E-state index is 11.6. The van der Waals surface area contributed by atoms with Gasteiger partial charge in [0, 0.05) is 6.42 Å². The summed E-state index contributed by atoms with van der Waals surface area (Å²) in [6, 6.07) is 6.83. The van der Waals surface area contributed by atoms with Gasteiger partial charge in [0.25, 0.3) is 0 Å². The van der Waals surface area contributed by atoms with Crippen LogP contribution in [0.1, 0.15) is 25.8 Å². The second kappa shape index (κ2) is 6.00. The summed E-state index contributed by atoms with van der Waals surface area (Å²) >= 11 is 3.22. The molecular formula is C13H15BrO4. The average Bonchev–Trinajstić information content (AvgIpc) is 2.26. The molecule has 0 aliphatic rings. The molecular weight excluding hydrogens is 300 g/mol. The molecule has 0 saturated heterocycles. The molecule has 4 nitrogen and oxygen atoms in total. The van der Waals surface area contributed by atoms with Gasteiger partial charge >= 0.3 is 11.9 Å². The molecule has 0 amide bonds. The van der Waals surface area contributed by atoms with Crippen molar-refractivity contribution >= 4 is 27.9 Å². The second-order valence-corrected chi connectivity index (χ2v) is 6.38. The van der Waals surface area contributed by atoms with Crippen molar-refractivity contribution in [2.45, 2.75) is 31.0 Å². The van der Waals surface area contributed by atoms with Gasteiger partial charge in [0.15, 0.2) is 0 Å². The Morgan fingerprint density at radius 3 is 2.28 bits per heavy atom. The summed E-state index contributed by atoms with van der Waals surface area (Å²) in [7, 11) is 0. The van der Waals surface area contributed by atoms with Crippen LogP contribution >= 0.6 is 15.9 Å². The van der Waals surface area contributed by atoms with Crippen molar-refractivity contribution in [2.24, 2.45) is 0 Å². The molecule has 98 valence electrons. The summed E-state index contributed by atoms with van der Waals surface area (Å²) in [5, 5.41) is 8.56. The minimum absolute atomic E-state index is 0.0908. The van der Waals surface area contributed by atoms with Crippen molar-refractivity contribution in [1.29, 1.82) is 0 Å². The summed E-state index contributed by atoms with van der Waals surface area (Å²) in [6.45, 7) is 3.41. The zero-order chi connectivity index (χ0) is 13.8. The van der Waals surface area contributed by atoms with E-state index in [0.717, 1.165) is 5.56 Å². The van der Waals surface area contributed by atoms with Gasteiger partial charge in [-0.1, -0.05) is 28.1 Å². The Kier molecular flexibility index (Phi) is 4.90. The Balaban J connectivity index is 2.60. The highest BCUT2D eigenvalue weighted by Crippen LogP contribution is 2.21. The first-order valence-corrected chi connectivity index (χ1v) is 6.30. The van der Waals surface area contributed by atoms with Gasteiger partial charge in [0.2, 0.25) is 0 Å². The van der Waals surface area contributed by atoms with Gasteiger partial charge < -0.3 is 9.84 Å². The van der Waals surface area contributed by atoms with E-state index in [-0.39, 0.29) is 12.4 Å². The molecule has 1 N–H and O–H groups in total. The minimum atomic E-state index is -0.827. The number of aliphatic carboxylic acids is 1. The number of esters is 1. The maximum atomic E-state index is 11.6. The number of hydrogen-bond acceptors (Lipinski definition) is 3. The van der Waals surface area contributed by atoms with Crippen LogP contribution in [0.2, 0.25) is 0 Å². The van der Waals surface area contributed by atoms with Crippen LogP contribution in [0.15, 0.2) is 24.3 Å². The Labute approximate surface area is 114 Å². The molecule has 1 aromatic carbocycles. The SMILES string of the molecule is CC(C)(Br)C(=O)Oc1ccc(CCC(=O)O)cc1. The predicted octanol–water partition coefficient (Wildman–Crippen LogP) is 2.78. The smallest absolute Gasteiger partial charge is 0.327 e. The Morgan fingerprint density at radius 1 is 1.28 bits per heavy atom. The Hall–Kier alpha value is -1.36. The van der Waals surface area contributed by atoms with Crippen molar-refractivity contribution in [1.82, 2.24) is 0 Å². The molecule has 0 unspecified atom stereocenters. The monoisotopic (exact) mass is 314 g/mol. The second-order valence-electron chi connectivity index (χ2n) is 4.40. The Bertz CT molecular complexity index is 431. The molecule has 0 saturated carbocycles. The van der Waals surface area contributed by atoms with E-state index in [1.807, 2.05) is 0 Å². The van der Waals surface area contributed by atoms with Crippen LogP contribution in [0.4, 0.5) is 0 Å². The van der Waals surface area contributed by atoms with Crippen molar-refractivity contribution < 1.29 is 19.4 Å². The molecule has 0 atom stereocenters. The molecule has 0 aliphatic carbocycles. The van der Waals surface area contributed by atoms with E-state index in [4.69, 9.17) is 9.84 Å². The van der Waals surface area contributed by atoms with Crippen LogP contribution in [0.3, 0.4) is 0 Å². The third-order valence-electron chi connectivity index (χ3n) is 2.25. The highest BCUT2D eigenvalue weighted by molar-refractivity contribution is 9.10. The number of ether oxygens (including phenoxy) is 1. The van der Waals surface area contributed by atoms with Crippen molar-refractivity contribution in [3.8, 4) is 5.75 Å². The number of hydrogen-bond donors (Lipinski definition) is 1. The molecule has 0 spiro atoms. The third-order valence-corrected chi connectivity index (χ3v) is 2.57. The van der Waals surface area contributed by atoms with Gasteiger partial charge in [-0.25, -0.2) is 0 Å². The van der Waals surface area contributed by atoms with Gasteiger partial charge in [-0.2, -0.15) is 0 Å². The number of aryl methyl sites for hydroxylation is 1. The highest BCUT2D eigenvalue weighted by Gasteiger charge is 2.25. The van der Waals surface area contributed by atoms with E-state index in [1.54, 1.807) is 38.1 Å². The molecule has 5 heteroatoms. The van der Waals surface area contributed by atoms with Crippen LogP contribution in [-0.4, -0.2) is 21.4 Å². The number of carbonyl (C=O) groups is 2. The molecule has 18 heavy (non-hydrogen) atoms.